The van der Waals surface area contributed by atoms with Crippen molar-refractivity contribution in [3.8, 4) is 0 Å². The normalized spacial score (nSPS) is 13.2. The Morgan fingerprint density at radius 2 is 2.17 bits per heavy atom. The SMILES string of the molecule is CCNC(CC)c1ccc(C)o1. The van der Waals surface area contributed by atoms with E-state index in [1.54, 1.807) is 0 Å². The highest BCUT2D eigenvalue weighted by Crippen LogP contribution is 2.18. The highest BCUT2D eigenvalue weighted by Gasteiger charge is 2.10. The lowest BCUT2D eigenvalue weighted by atomic mass is 10.2. The third kappa shape index (κ3) is 2.11. The van der Waals surface area contributed by atoms with Gasteiger partial charge in [-0.3, -0.25) is 0 Å². The van der Waals surface area contributed by atoms with Crippen LogP contribution >= 0.6 is 0 Å². The Balaban J connectivity index is 2.66. The Morgan fingerprint density at radius 1 is 1.42 bits per heavy atom. The monoisotopic (exact) mass is 167 g/mol. The molecule has 2 nitrogen and oxygen atoms in total. The second-order valence-corrected chi connectivity index (χ2v) is 2.97. The molecule has 1 aromatic rings. The van der Waals surface area contributed by atoms with Crippen LogP contribution in [0.1, 0.15) is 37.8 Å². The van der Waals surface area contributed by atoms with E-state index in [9.17, 15) is 0 Å². The Hall–Kier alpha value is -0.760. The first-order chi connectivity index (χ1) is 5.77. The Labute approximate surface area is 74.0 Å². The summed E-state index contributed by atoms with van der Waals surface area (Å²) in [4.78, 5) is 0. The molecule has 1 aromatic heterocycles. The van der Waals surface area contributed by atoms with Crippen LogP contribution in [0.25, 0.3) is 0 Å². The van der Waals surface area contributed by atoms with E-state index in [2.05, 4.69) is 19.2 Å². The average molecular weight is 167 g/mol. The van der Waals surface area contributed by atoms with Crippen molar-refractivity contribution in [2.45, 2.75) is 33.2 Å². The summed E-state index contributed by atoms with van der Waals surface area (Å²) in [5.74, 6) is 2.04. The van der Waals surface area contributed by atoms with Gasteiger partial charge in [-0.1, -0.05) is 13.8 Å². The molecule has 0 bridgehead atoms. The van der Waals surface area contributed by atoms with E-state index in [-0.39, 0.29) is 0 Å². The lowest BCUT2D eigenvalue weighted by Gasteiger charge is -2.12. The highest BCUT2D eigenvalue weighted by atomic mass is 16.3. The minimum absolute atomic E-state index is 0.378. The van der Waals surface area contributed by atoms with Crippen molar-refractivity contribution in [1.29, 1.82) is 0 Å². The predicted molar refractivity (Wildman–Crippen MR) is 50.2 cm³/mol. The highest BCUT2D eigenvalue weighted by molar-refractivity contribution is 5.09. The lowest BCUT2D eigenvalue weighted by molar-refractivity contribution is 0.398. The molecule has 0 saturated heterocycles. The van der Waals surface area contributed by atoms with Gasteiger partial charge < -0.3 is 9.73 Å². The molecule has 1 N–H and O–H groups in total. The van der Waals surface area contributed by atoms with Gasteiger partial charge in [0.1, 0.15) is 11.5 Å². The number of hydrogen-bond acceptors (Lipinski definition) is 2. The summed E-state index contributed by atoms with van der Waals surface area (Å²) in [6.07, 6.45) is 1.07. The molecule has 0 aliphatic carbocycles. The van der Waals surface area contributed by atoms with Crippen molar-refractivity contribution in [1.82, 2.24) is 5.32 Å². The molecule has 0 radical (unpaired) electrons. The number of rotatable bonds is 4. The van der Waals surface area contributed by atoms with Gasteiger partial charge in [0.05, 0.1) is 6.04 Å². The van der Waals surface area contributed by atoms with Gasteiger partial charge in [0.25, 0.3) is 0 Å². The van der Waals surface area contributed by atoms with Gasteiger partial charge in [0, 0.05) is 0 Å². The van der Waals surface area contributed by atoms with E-state index >= 15 is 0 Å². The lowest BCUT2D eigenvalue weighted by Crippen LogP contribution is -2.19. The summed E-state index contributed by atoms with van der Waals surface area (Å²) in [7, 11) is 0. The quantitative estimate of drug-likeness (QED) is 0.745. The summed E-state index contributed by atoms with van der Waals surface area (Å²) in [5.41, 5.74) is 0. The fourth-order valence-corrected chi connectivity index (χ4v) is 1.33. The van der Waals surface area contributed by atoms with E-state index in [0.29, 0.717) is 6.04 Å². The zero-order valence-electron chi connectivity index (χ0n) is 8.05. The van der Waals surface area contributed by atoms with E-state index in [1.165, 1.54) is 0 Å². The maximum atomic E-state index is 5.53. The van der Waals surface area contributed by atoms with Crippen LogP contribution in [0.15, 0.2) is 16.5 Å². The second kappa shape index (κ2) is 4.31. The van der Waals surface area contributed by atoms with Gasteiger partial charge in [-0.05, 0) is 32.0 Å². The number of hydrogen-bond donors (Lipinski definition) is 1. The number of aryl methyl sites for hydroxylation is 1. The molecule has 0 aromatic carbocycles. The van der Waals surface area contributed by atoms with Crippen LogP contribution in [0.4, 0.5) is 0 Å². The fraction of sp³-hybridized carbons (Fsp3) is 0.600. The fourth-order valence-electron chi connectivity index (χ4n) is 1.33. The smallest absolute Gasteiger partial charge is 0.121 e. The maximum absolute atomic E-state index is 5.53. The van der Waals surface area contributed by atoms with Crippen LogP contribution < -0.4 is 5.32 Å². The Morgan fingerprint density at radius 3 is 2.58 bits per heavy atom. The number of furan rings is 1. The Kier molecular flexibility index (Phi) is 3.35. The molecule has 1 heterocycles. The summed E-state index contributed by atoms with van der Waals surface area (Å²) in [6.45, 7) is 7.23. The summed E-state index contributed by atoms with van der Waals surface area (Å²) >= 11 is 0. The molecule has 0 spiro atoms. The standard InChI is InChI=1S/C10H17NO/c1-4-9(11-5-2)10-7-6-8(3)12-10/h6-7,9,11H,4-5H2,1-3H3. The van der Waals surface area contributed by atoms with Crippen LogP contribution in [0.5, 0.6) is 0 Å². The van der Waals surface area contributed by atoms with Crippen LogP contribution in [0, 0.1) is 6.92 Å². The van der Waals surface area contributed by atoms with Gasteiger partial charge in [-0.15, -0.1) is 0 Å². The molecule has 0 amide bonds. The van der Waals surface area contributed by atoms with Crippen molar-refractivity contribution in [3.05, 3.63) is 23.7 Å². The van der Waals surface area contributed by atoms with E-state index in [1.807, 2.05) is 19.1 Å². The van der Waals surface area contributed by atoms with Crippen LogP contribution in [0.3, 0.4) is 0 Å². The molecule has 2 heteroatoms. The average Bonchev–Trinajstić information content (AvgIpc) is 2.47. The van der Waals surface area contributed by atoms with Gasteiger partial charge in [0.15, 0.2) is 0 Å². The van der Waals surface area contributed by atoms with Crippen molar-refractivity contribution in [2.24, 2.45) is 0 Å². The Bertz CT molecular complexity index is 229. The topological polar surface area (TPSA) is 25.2 Å². The molecule has 68 valence electrons. The second-order valence-electron chi connectivity index (χ2n) is 2.97. The minimum atomic E-state index is 0.378. The molecule has 0 saturated carbocycles. The van der Waals surface area contributed by atoms with Crippen molar-refractivity contribution >= 4 is 0 Å². The summed E-state index contributed by atoms with van der Waals surface area (Å²) in [5, 5.41) is 3.37. The predicted octanol–water partition coefficient (Wildman–Crippen LogP) is 2.65. The largest absolute Gasteiger partial charge is 0.465 e. The third-order valence-corrected chi connectivity index (χ3v) is 1.96. The van der Waals surface area contributed by atoms with Gasteiger partial charge in [0.2, 0.25) is 0 Å². The van der Waals surface area contributed by atoms with E-state index in [4.69, 9.17) is 4.42 Å². The third-order valence-electron chi connectivity index (χ3n) is 1.96. The first-order valence-corrected chi connectivity index (χ1v) is 4.57. The molecule has 0 fully saturated rings. The molecule has 1 rings (SSSR count). The molecule has 1 unspecified atom stereocenters. The zero-order valence-corrected chi connectivity index (χ0v) is 8.05. The first-order valence-electron chi connectivity index (χ1n) is 4.57. The van der Waals surface area contributed by atoms with Gasteiger partial charge in [-0.25, -0.2) is 0 Å². The zero-order chi connectivity index (χ0) is 8.97. The molecule has 12 heavy (non-hydrogen) atoms. The molecular weight excluding hydrogens is 150 g/mol. The van der Waals surface area contributed by atoms with Crippen molar-refractivity contribution in [3.63, 3.8) is 0 Å². The minimum Gasteiger partial charge on any atom is -0.465 e. The van der Waals surface area contributed by atoms with E-state index < -0.39 is 0 Å². The van der Waals surface area contributed by atoms with Crippen LogP contribution in [-0.2, 0) is 0 Å². The summed E-state index contributed by atoms with van der Waals surface area (Å²) in [6, 6.07) is 4.44. The van der Waals surface area contributed by atoms with Gasteiger partial charge in [-0.2, -0.15) is 0 Å². The molecular formula is C10H17NO. The summed E-state index contributed by atoms with van der Waals surface area (Å²) < 4.78 is 5.53. The van der Waals surface area contributed by atoms with E-state index in [0.717, 1.165) is 24.5 Å². The first kappa shape index (κ1) is 9.33. The molecule has 0 aliphatic rings. The van der Waals surface area contributed by atoms with Crippen molar-refractivity contribution in [2.75, 3.05) is 6.54 Å². The maximum Gasteiger partial charge on any atom is 0.121 e. The molecule has 1 atom stereocenters. The van der Waals surface area contributed by atoms with Crippen LogP contribution in [0.2, 0.25) is 0 Å². The van der Waals surface area contributed by atoms with Crippen molar-refractivity contribution < 1.29 is 4.42 Å². The van der Waals surface area contributed by atoms with Gasteiger partial charge >= 0.3 is 0 Å². The van der Waals surface area contributed by atoms with Crippen LogP contribution in [-0.4, -0.2) is 6.54 Å². The number of nitrogens with one attached hydrogen (secondary N) is 1. The molecule has 0 aliphatic heterocycles.